The third-order valence-corrected chi connectivity index (χ3v) is 2.96. The van der Waals surface area contributed by atoms with Gasteiger partial charge in [0.1, 0.15) is 0 Å². The van der Waals surface area contributed by atoms with Crippen LogP contribution >= 0.6 is 23.8 Å². The van der Waals surface area contributed by atoms with Crippen molar-refractivity contribution in [1.29, 1.82) is 0 Å². The molecule has 0 aliphatic heterocycles. The van der Waals surface area contributed by atoms with E-state index in [2.05, 4.69) is 10.7 Å². The molecule has 0 amide bonds. The van der Waals surface area contributed by atoms with Gasteiger partial charge >= 0.3 is 0 Å². The van der Waals surface area contributed by atoms with Crippen molar-refractivity contribution < 1.29 is 0 Å². The first kappa shape index (κ1) is 13.6. The number of hydrogen-bond donors (Lipinski definition) is 2. The zero-order valence-electron chi connectivity index (χ0n) is 10.4. The highest BCUT2D eigenvalue weighted by molar-refractivity contribution is 7.80. The Hall–Kier alpha value is -1.78. The Morgan fingerprint density at radius 1 is 1.05 bits per heavy atom. The Morgan fingerprint density at radius 2 is 1.68 bits per heavy atom. The van der Waals surface area contributed by atoms with Gasteiger partial charge in [0.25, 0.3) is 0 Å². The van der Waals surface area contributed by atoms with Gasteiger partial charge in [-0.05, 0) is 48.6 Å². The Kier molecular flexibility index (Phi) is 4.60. The average molecular weight is 292 g/mol. The topological polar surface area (TPSA) is 27.3 Å². The highest BCUT2D eigenvalue weighted by atomic mass is 35.5. The van der Waals surface area contributed by atoms with Crippen LogP contribution in [0.4, 0.5) is 11.4 Å². The summed E-state index contributed by atoms with van der Waals surface area (Å²) in [4.78, 5) is 0. The number of nitrogens with zero attached hydrogens (tertiary/aromatic N) is 1. The number of benzene rings is 2. The van der Waals surface area contributed by atoms with Crippen molar-refractivity contribution in [3.05, 3.63) is 59.6 Å². The second-order valence-electron chi connectivity index (χ2n) is 3.97. The van der Waals surface area contributed by atoms with Gasteiger partial charge in [-0.3, -0.25) is 10.4 Å². The summed E-state index contributed by atoms with van der Waals surface area (Å²) in [6.45, 7) is 0. The van der Waals surface area contributed by atoms with Crippen LogP contribution in [-0.2, 0) is 0 Å². The van der Waals surface area contributed by atoms with Crippen molar-refractivity contribution in [1.82, 2.24) is 5.43 Å². The number of halogens is 1. The predicted octanol–water partition coefficient (Wildman–Crippen LogP) is 3.68. The molecule has 98 valence electrons. The second kappa shape index (κ2) is 6.41. The van der Waals surface area contributed by atoms with Crippen molar-refractivity contribution in [3.63, 3.8) is 0 Å². The standard InChI is InChI=1S/C14H14ClN3S/c1-18(13-5-3-2-4-6-13)17-14(19)16-12-9-7-11(15)8-10-12/h2-10H,1H3,(H2,16,17,19). The normalized spacial score (nSPS) is 9.79. The van der Waals surface area contributed by atoms with Crippen LogP contribution < -0.4 is 15.8 Å². The quantitative estimate of drug-likeness (QED) is 0.666. The van der Waals surface area contributed by atoms with E-state index in [0.717, 1.165) is 11.4 Å². The number of hydrazine groups is 1. The van der Waals surface area contributed by atoms with Crippen LogP contribution in [0.3, 0.4) is 0 Å². The summed E-state index contributed by atoms with van der Waals surface area (Å²) in [5.74, 6) is 0. The van der Waals surface area contributed by atoms with Crippen molar-refractivity contribution >= 4 is 40.3 Å². The van der Waals surface area contributed by atoms with Gasteiger partial charge < -0.3 is 5.32 Å². The van der Waals surface area contributed by atoms with Crippen molar-refractivity contribution in [3.8, 4) is 0 Å². The Morgan fingerprint density at radius 3 is 2.32 bits per heavy atom. The fourth-order valence-electron chi connectivity index (χ4n) is 1.56. The van der Waals surface area contributed by atoms with Crippen LogP contribution in [0.1, 0.15) is 0 Å². The third-order valence-electron chi connectivity index (χ3n) is 2.51. The SMILES string of the molecule is CN(NC(=S)Nc1ccc(Cl)cc1)c1ccccc1. The first-order chi connectivity index (χ1) is 9.15. The first-order valence-electron chi connectivity index (χ1n) is 5.77. The van der Waals surface area contributed by atoms with E-state index in [0.29, 0.717) is 10.1 Å². The fraction of sp³-hybridized carbons (Fsp3) is 0.0714. The number of rotatable bonds is 3. The molecule has 0 atom stereocenters. The molecule has 0 heterocycles. The van der Waals surface area contributed by atoms with Crippen molar-refractivity contribution in [2.45, 2.75) is 0 Å². The van der Waals surface area contributed by atoms with E-state index in [9.17, 15) is 0 Å². The molecule has 0 spiro atoms. The summed E-state index contributed by atoms with van der Waals surface area (Å²) in [6, 6.07) is 17.3. The van der Waals surface area contributed by atoms with E-state index < -0.39 is 0 Å². The van der Waals surface area contributed by atoms with Gasteiger partial charge in [-0.1, -0.05) is 29.8 Å². The molecule has 2 aromatic rings. The predicted molar refractivity (Wildman–Crippen MR) is 85.7 cm³/mol. The highest BCUT2D eigenvalue weighted by Gasteiger charge is 2.02. The maximum atomic E-state index is 5.83. The van der Waals surface area contributed by atoms with Crippen LogP contribution in [-0.4, -0.2) is 12.2 Å². The Balaban J connectivity index is 1.93. The van der Waals surface area contributed by atoms with E-state index in [-0.39, 0.29) is 0 Å². The molecule has 2 aromatic carbocycles. The van der Waals surface area contributed by atoms with Crippen LogP contribution in [0.5, 0.6) is 0 Å². The molecule has 19 heavy (non-hydrogen) atoms. The van der Waals surface area contributed by atoms with Gasteiger partial charge in [-0.25, -0.2) is 0 Å². The molecule has 0 unspecified atom stereocenters. The molecule has 0 aromatic heterocycles. The van der Waals surface area contributed by atoms with E-state index >= 15 is 0 Å². The summed E-state index contributed by atoms with van der Waals surface area (Å²) < 4.78 is 0. The number of nitrogens with one attached hydrogen (secondary N) is 2. The maximum Gasteiger partial charge on any atom is 0.189 e. The molecule has 3 nitrogen and oxygen atoms in total. The summed E-state index contributed by atoms with van der Waals surface area (Å²) in [5.41, 5.74) is 5.00. The maximum absolute atomic E-state index is 5.83. The molecule has 0 fully saturated rings. The zero-order chi connectivity index (χ0) is 13.7. The lowest BCUT2D eigenvalue weighted by Crippen LogP contribution is -2.41. The molecule has 0 saturated carbocycles. The van der Waals surface area contributed by atoms with Crippen LogP contribution in [0.25, 0.3) is 0 Å². The summed E-state index contributed by atoms with van der Waals surface area (Å²) in [5, 5.41) is 6.16. The molecule has 2 N–H and O–H groups in total. The third kappa shape index (κ3) is 4.12. The lowest BCUT2D eigenvalue weighted by Gasteiger charge is -2.22. The molecule has 0 saturated heterocycles. The van der Waals surface area contributed by atoms with E-state index in [1.165, 1.54) is 0 Å². The molecule has 0 radical (unpaired) electrons. The summed E-state index contributed by atoms with van der Waals surface area (Å²) in [6.07, 6.45) is 0. The monoisotopic (exact) mass is 291 g/mol. The van der Waals surface area contributed by atoms with Crippen molar-refractivity contribution in [2.24, 2.45) is 0 Å². The summed E-state index contributed by atoms with van der Waals surface area (Å²) in [7, 11) is 1.91. The van der Waals surface area contributed by atoms with Gasteiger partial charge in [-0.2, -0.15) is 0 Å². The number of anilines is 2. The first-order valence-corrected chi connectivity index (χ1v) is 6.56. The minimum atomic E-state index is 0.522. The lowest BCUT2D eigenvalue weighted by atomic mass is 10.3. The average Bonchev–Trinajstić information content (AvgIpc) is 2.42. The molecule has 0 aliphatic rings. The highest BCUT2D eigenvalue weighted by Crippen LogP contribution is 2.13. The van der Waals surface area contributed by atoms with Crippen LogP contribution in [0.15, 0.2) is 54.6 Å². The fourth-order valence-corrected chi connectivity index (χ4v) is 1.94. The van der Waals surface area contributed by atoms with Crippen LogP contribution in [0.2, 0.25) is 5.02 Å². The molecular weight excluding hydrogens is 278 g/mol. The molecule has 2 rings (SSSR count). The van der Waals surface area contributed by atoms with Gasteiger partial charge in [0.05, 0.1) is 5.69 Å². The molecule has 0 aliphatic carbocycles. The lowest BCUT2D eigenvalue weighted by molar-refractivity contribution is 0.888. The van der Waals surface area contributed by atoms with E-state index in [1.807, 2.05) is 66.7 Å². The minimum Gasteiger partial charge on any atom is -0.331 e. The van der Waals surface area contributed by atoms with E-state index in [1.54, 1.807) is 0 Å². The number of thiocarbonyl (C=S) groups is 1. The molecule has 5 heteroatoms. The summed E-state index contributed by atoms with van der Waals surface area (Å²) >= 11 is 11.1. The van der Waals surface area contributed by atoms with Gasteiger partial charge in [-0.15, -0.1) is 0 Å². The Labute approximate surface area is 123 Å². The second-order valence-corrected chi connectivity index (χ2v) is 4.81. The van der Waals surface area contributed by atoms with Gasteiger partial charge in [0.15, 0.2) is 5.11 Å². The van der Waals surface area contributed by atoms with Gasteiger partial charge in [0.2, 0.25) is 0 Å². The largest absolute Gasteiger partial charge is 0.331 e. The number of para-hydroxylation sites is 1. The van der Waals surface area contributed by atoms with Crippen LogP contribution in [0, 0.1) is 0 Å². The van der Waals surface area contributed by atoms with E-state index in [4.69, 9.17) is 23.8 Å². The Bertz CT molecular complexity index is 542. The molecule has 0 bridgehead atoms. The van der Waals surface area contributed by atoms with Gasteiger partial charge in [0, 0.05) is 17.8 Å². The minimum absolute atomic E-state index is 0.522. The zero-order valence-corrected chi connectivity index (χ0v) is 12.0. The number of hydrogen-bond acceptors (Lipinski definition) is 2. The smallest absolute Gasteiger partial charge is 0.189 e. The molecular formula is C14H14ClN3S. The van der Waals surface area contributed by atoms with Crippen molar-refractivity contribution in [2.75, 3.05) is 17.4 Å².